The molecule has 0 unspecified atom stereocenters. The Morgan fingerprint density at radius 2 is 1.58 bits per heavy atom. The quantitative estimate of drug-likeness (QED) is 0.348. The molecule has 1 aromatic rings. The zero-order valence-electron chi connectivity index (χ0n) is 14.9. The second-order valence-corrected chi connectivity index (χ2v) is 5.71. The number of nitrogens with one attached hydrogen (secondary N) is 3. The summed E-state index contributed by atoms with van der Waals surface area (Å²) in [4.78, 5) is 26.2. The smallest absolute Gasteiger partial charge is 0.198 e. The van der Waals surface area contributed by atoms with Crippen molar-refractivity contribution in [3.8, 4) is 0 Å². The van der Waals surface area contributed by atoms with Crippen molar-refractivity contribution in [2.24, 2.45) is 11.5 Å². The van der Waals surface area contributed by atoms with Crippen molar-refractivity contribution < 1.29 is 9.59 Å². The molecule has 2 rings (SSSR count). The molecule has 1 aliphatic carbocycles. The number of likely N-dealkylation sites (N-methyl/N-ethyl adjacent to an activating group) is 1. The Hall–Kier alpha value is -2.90. The Morgan fingerprint density at radius 3 is 2.08 bits per heavy atom. The lowest BCUT2D eigenvalue weighted by atomic mass is 9.80. The van der Waals surface area contributed by atoms with Gasteiger partial charge in [-0.15, -0.1) is 0 Å². The average molecular weight is 355 g/mol. The maximum atomic E-state index is 13.1. The van der Waals surface area contributed by atoms with Gasteiger partial charge < -0.3 is 27.4 Å². The minimum Gasteiger partial charge on any atom is -0.404 e. The molecule has 0 aliphatic heterocycles. The Labute approximate surface area is 153 Å². The van der Waals surface area contributed by atoms with Crippen LogP contribution in [0, 0.1) is 0 Å². The van der Waals surface area contributed by atoms with Crippen molar-refractivity contribution in [1.82, 2.24) is 5.32 Å². The standard InChI is InChI=1S/C19H25N5O2/c1-3-4-12-13(11-21)19(26)17-14(23-8-7-20)5-6-15(16(17)18(12)25)24-10-9-22-2/h3-6,11,22-24H,1,7-10,20-21H2,2H3/b12-4+,13-11+. The van der Waals surface area contributed by atoms with Crippen molar-refractivity contribution >= 4 is 22.9 Å². The number of fused-ring (bicyclic) bond motifs is 1. The van der Waals surface area contributed by atoms with Gasteiger partial charge in [-0.3, -0.25) is 9.59 Å². The summed E-state index contributed by atoms with van der Waals surface area (Å²) in [5.41, 5.74) is 13.4. The van der Waals surface area contributed by atoms with Gasteiger partial charge in [-0.25, -0.2) is 0 Å². The van der Waals surface area contributed by atoms with E-state index in [4.69, 9.17) is 11.5 Å². The van der Waals surface area contributed by atoms with Crippen molar-refractivity contribution in [2.75, 3.05) is 43.9 Å². The molecule has 7 heteroatoms. The van der Waals surface area contributed by atoms with Crippen LogP contribution in [0.15, 0.2) is 48.2 Å². The number of carbonyl (C=O) groups is 2. The van der Waals surface area contributed by atoms with E-state index in [9.17, 15) is 9.59 Å². The predicted octanol–water partition coefficient (Wildman–Crippen LogP) is 1.02. The fourth-order valence-corrected chi connectivity index (χ4v) is 2.86. The highest BCUT2D eigenvalue weighted by Crippen LogP contribution is 2.37. The lowest BCUT2D eigenvalue weighted by Gasteiger charge is -2.25. The third-order valence-electron chi connectivity index (χ3n) is 4.04. The molecular weight excluding hydrogens is 330 g/mol. The van der Waals surface area contributed by atoms with Gasteiger partial charge in [0.1, 0.15) is 0 Å². The molecule has 0 radical (unpaired) electrons. The van der Waals surface area contributed by atoms with E-state index >= 15 is 0 Å². The topological polar surface area (TPSA) is 122 Å². The first kappa shape index (κ1) is 19.4. The highest BCUT2D eigenvalue weighted by molar-refractivity contribution is 6.34. The number of benzene rings is 1. The van der Waals surface area contributed by atoms with Crippen LogP contribution >= 0.6 is 0 Å². The predicted molar refractivity (Wildman–Crippen MR) is 106 cm³/mol. The van der Waals surface area contributed by atoms with Crippen LogP contribution in [0.25, 0.3) is 0 Å². The molecule has 0 spiro atoms. The van der Waals surface area contributed by atoms with E-state index in [2.05, 4.69) is 22.5 Å². The van der Waals surface area contributed by atoms with Gasteiger partial charge in [-0.2, -0.15) is 0 Å². The molecule has 0 amide bonds. The number of rotatable bonds is 8. The zero-order valence-corrected chi connectivity index (χ0v) is 14.9. The monoisotopic (exact) mass is 355 g/mol. The first-order valence-corrected chi connectivity index (χ1v) is 8.44. The molecule has 0 saturated heterocycles. The highest BCUT2D eigenvalue weighted by atomic mass is 16.1. The van der Waals surface area contributed by atoms with Gasteiger partial charge in [-0.05, 0) is 19.2 Å². The summed E-state index contributed by atoms with van der Waals surface area (Å²) in [5, 5.41) is 9.36. The average Bonchev–Trinajstić information content (AvgIpc) is 2.65. The maximum absolute atomic E-state index is 13.1. The fourth-order valence-electron chi connectivity index (χ4n) is 2.86. The molecule has 138 valence electrons. The minimum absolute atomic E-state index is 0.172. The van der Waals surface area contributed by atoms with Crippen LogP contribution < -0.4 is 27.4 Å². The van der Waals surface area contributed by atoms with Crippen LogP contribution in [0.3, 0.4) is 0 Å². The van der Waals surface area contributed by atoms with E-state index in [0.717, 1.165) is 0 Å². The van der Waals surface area contributed by atoms with Crippen LogP contribution in [0.1, 0.15) is 20.7 Å². The molecule has 0 heterocycles. The molecule has 7 nitrogen and oxygen atoms in total. The second-order valence-electron chi connectivity index (χ2n) is 5.71. The summed E-state index contributed by atoms with van der Waals surface area (Å²) in [6, 6.07) is 3.57. The zero-order chi connectivity index (χ0) is 19.1. The number of hydrogen-bond acceptors (Lipinski definition) is 7. The molecule has 0 saturated carbocycles. The number of nitrogens with two attached hydrogens (primary N) is 2. The summed E-state index contributed by atoms with van der Waals surface area (Å²) in [6.07, 6.45) is 4.16. The second kappa shape index (κ2) is 8.98. The van der Waals surface area contributed by atoms with E-state index in [0.29, 0.717) is 48.7 Å². The van der Waals surface area contributed by atoms with Crippen LogP contribution in [0.2, 0.25) is 0 Å². The Kier molecular flexibility index (Phi) is 6.71. The third kappa shape index (κ3) is 3.68. The van der Waals surface area contributed by atoms with Crippen LogP contribution in [0.5, 0.6) is 0 Å². The summed E-state index contributed by atoms with van der Waals surface area (Å²) < 4.78 is 0. The largest absolute Gasteiger partial charge is 0.404 e. The van der Waals surface area contributed by atoms with E-state index in [-0.39, 0.29) is 22.7 Å². The van der Waals surface area contributed by atoms with Gasteiger partial charge >= 0.3 is 0 Å². The van der Waals surface area contributed by atoms with Crippen molar-refractivity contribution in [3.63, 3.8) is 0 Å². The van der Waals surface area contributed by atoms with Gasteiger partial charge in [0.2, 0.25) is 0 Å². The molecule has 0 fully saturated rings. The molecule has 1 aromatic carbocycles. The van der Waals surface area contributed by atoms with Crippen molar-refractivity contribution in [1.29, 1.82) is 0 Å². The molecule has 1 aliphatic rings. The first-order valence-electron chi connectivity index (χ1n) is 8.44. The number of hydrogen-bond donors (Lipinski definition) is 5. The van der Waals surface area contributed by atoms with Gasteiger partial charge in [-0.1, -0.05) is 18.7 Å². The number of Topliss-reactive ketones (excluding diaryl/α,β-unsaturated/α-hetero) is 2. The normalized spacial score (nSPS) is 16.7. The Balaban J connectivity index is 2.65. The first-order chi connectivity index (χ1) is 12.6. The fraction of sp³-hybridized carbons (Fsp3) is 0.263. The lowest BCUT2D eigenvalue weighted by Crippen LogP contribution is -2.28. The van der Waals surface area contributed by atoms with E-state index in [1.165, 1.54) is 18.4 Å². The van der Waals surface area contributed by atoms with E-state index < -0.39 is 0 Å². The van der Waals surface area contributed by atoms with E-state index in [1.807, 2.05) is 7.05 Å². The third-order valence-corrected chi connectivity index (χ3v) is 4.04. The van der Waals surface area contributed by atoms with Crippen LogP contribution in [-0.2, 0) is 0 Å². The summed E-state index contributed by atoms with van der Waals surface area (Å²) in [7, 11) is 1.84. The summed E-state index contributed by atoms with van der Waals surface area (Å²) in [6.45, 7) is 5.84. The molecule has 0 aromatic heterocycles. The molecular formula is C19H25N5O2. The molecule has 7 N–H and O–H groups in total. The van der Waals surface area contributed by atoms with E-state index in [1.54, 1.807) is 12.1 Å². The van der Waals surface area contributed by atoms with Gasteiger partial charge in [0.05, 0.1) is 11.1 Å². The van der Waals surface area contributed by atoms with Crippen LogP contribution in [-0.4, -0.2) is 44.8 Å². The SMILES string of the molecule is C=C/C=C1/C(=O)c2c(NCCNC)ccc(NCCN)c2C(=O)/C1=C/N. The van der Waals surface area contributed by atoms with Crippen LogP contribution in [0.4, 0.5) is 11.4 Å². The minimum atomic E-state index is -0.299. The summed E-state index contributed by atoms with van der Waals surface area (Å²) >= 11 is 0. The molecule has 0 bridgehead atoms. The van der Waals surface area contributed by atoms with Crippen molar-refractivity contribution in [3.05, 3.63) is 59.3 Å². The Morgan fingerprint density at radius 1 is 1.00 bits per heavy atom. The lowest BCUT2D eigenvalue weighted by molar-refractivity contribution is 0.0973. The number of carbonyl (C=O) groups excluding carboxylic acids is 2. The molecule has 0 atom stereocenters. The number of anilines is 2. The number of allylic oxidation sites excluding steroid dienone is 4. The maximum Gasteiger partial charge on any atom is 0.198 e. The van der Waals surface area contributed by atoms with Gasteiger partial charge in [0.15, 0.2) is 11.6 Å². The van der Waals surface area contributed by atoms with Gasteiger partial charge in [0, 0.05) is 54.9 Å². The summed E-state index contributed by atoms with van der Waals surface area (Å²) in [5.74, 6) is -0.563. The van der Waals surface area contributed by atoms with Gasteiger partial charge in [0.25, 0.3) is 0 Å². The Bertz CT molecular complexity index is 780. The highest BCUT2D eigenvalue weighted by Gasteiger charge is 2.36. The molecule has 26 heavy (non-hydrogen) atoms. The number of ketones is 2. The van der Waals surface area contributed by atoms with Crippen molar-refractivity contribution in [2.45, 2.75) is 0 Å².